The van der Waals surface area contributed by atoms with E-state index in [0.717, 1.165) is 69.7 Å². The molecule has 0 aliphatic carbocycles. The van der Waals surface area contributed by atoms with E-state index in [9.17, 15) is 0 Å². The average Bonchev–Trinajstić information content (AvgIpc) is 2.97. The molecular formula is C16H26N4O2. The van der Waals surface area contributed by atoms with E-state index in [1.807, 2.05) is 6.92 Å². The normalized spacial score (nSPS) is 20.6. The zero-order chi connectivity index (χ0) is 15.6. The minimum Gasteiger partial charge on any atom is -0.356 e. The van der Waals surface area contributed by atoms with Crippen molar-refractivity contribution in [2.45, 2.75) is 39.4 Å². The minimum atomic E-state index is -0.333. The first kappa shape index (κ1) is 15.5. The molecule has 0 radical (unpaired) electrons. The van der Waals surface area contributed by atoms with Crippen LogP contribution >= 0.6 is 0 Å². The molecule has 3 rings (SSSR count). The number of aromatic nitrogens is 2. The van der Waals surface area contributed by atoms with Crippen LogP contribution in [0.2, 0.25) is 0 Å². The molecular weight excluding hydrogens is 280 g/mol. The summed E-state index contributed by atoms with van der Waals surface area (Å²) in [7, 11) is 0. The highest BCUT2D eigenvalue weighted by atomic mass is 16.7. The second-order valence-electron chi connectivity index (χ2n) is 5.93. The highest BCUT2D eigenvalue weighted by molar-refractivity contribution is 5.46. The summed E-state index contributed by atoms with van der Waals surface area (Å²) in [6.45, 7) is 11.4. The van der Waals surface area contributed by atoms with Gasteiger partial charge in [0.15, 0.2) is 5.79 Å². The van der Waals surface area contributed by atoms with E-state index in [2.05, 4.69) is 34.7 Å². The molecule has 0 N–H and O–H groups in total. The number of piperidine rings is 1. The Morgan fingerprint density at radius 3 is 2.36 bits per heavy atom. The summed E-state index contributed by atoms with van der Waals surface area (Å²) in [6, 6.07) is 2.07. The third kappa shape index (κ3) is 3.03. The van der Waals surface area contributed by atoms with E-state index in [0.29, 0.717) is 0 Å². The van der Waals surface area contributed by atoms with Crippen LogP contribution in [0.25, 0.3) is 0 Å². The molecule has 0 saturated carbocycles. The van der Waals surface area contributed by atoms with E-state index in [1.165, 1.54) is 0 Å². The van der Waals surface area contributed by atoms with Gasteiger partial charge < -0.3 is 19.3 Å². The summed E-state index contributed by atoms with van der Waals surface area (Å²) in [6.07, 6.45) is 1.80. The SMILES string of the molecule is CCN(CC)c1nc(C)cc(N2CCC3(CC2)OCCO3)n1. The van der Waals surface area contributed by atoms with Crippen molar-refractivity contribution in [2.24, 2.45) is 0 Å². The predicted octanol–water partition coefficient (Wildman–Crippen LogP) is 1.97. The summed E-state index contributed by atoms with van der Waals surface area (Å²) in [5.41, 5.74) is 1.01. The molecule has 2 saturated heterocycles. The van der Waals surface area contributed by atoms with E-state index in [-0.39, 0.29) is 5.79 Å². The molecule has 0 amide bonds. The van der Waals surface area contributed by atoms with Crippen molar-refractivity contribution in [1.29, 1.82) is 0 Å². The third-order valence-corrected chi connectivity index (χ3v) is 4.54. The Bertz CT molecular complexity index is 503. The van der Waals surface area contributed by atoms with Crippen LogP contribution < -0.4 is 9.80 Å². The Balaban J connectivity index is 1.75. The smallest absolute Gasteiger partial charge is 0.227 e. The molecule has 22 heavy (non-hydrogen) atoms. The first-order valence-corrected chi connectivity index (χ1v) is 8.29. The minimum absolute atomic E-state index is 0.333. The Morgan fingerprint density at radius 1 is 1.14 bits per heavy atom. The second-order valence-corrected chi connectivity index (χ2v) is 5.93. The molecule has 2 aliphatic rings. The van der Waals surface area contributed by atoms with Gasteiger partial charge in [-0.25, -0.2) is 4.98 Å². The van der Waals surface area contributed by atoms with Crippen molar-refractivity contribution in [2.75, 3.05) is 49.2 Å². The molecule has 3 heterocycles. The molecule has 0 bridgehead atoms. The van der Waals surface area contributed by atoms with E-state index in [4.69, 9.17) is 14.5 Å². The van der Waals surface area contributed by atoms with Crippen molar-refractivity contribution in [1.82, 2.24) is 9.97 Å². The van der Waals surface area contributed by atoms with Crippen LogP contribution in [-0.2, 0) is 9.47 Å². The lowest BCUT2D eigenvalue weighted by atomic mass is 10.0. The van der Waals surface area contributed by atoms with E-state index < -0.39 is 0 Å². The van der Waals surface area contributed by atoms with Crippen molar-refractivity contribution in [3.8, 4) is 0 Å². The summed E-state index contributed by atoms with van der Waals surface area (Å²) in [5.74, 6) is 1.51. The molecule has 0 atom stereocenters. The standard InChI is InChI=1S/C16H26N4O2/c1-4-19(5-2)15-17-13(3)12-14(18-15)20-8-6-16(7-9-20)21-10-11-22-16/h12H,4-11H2,1-3H3. The monoisotopic (exact) mass is 306 g/mol. The molecule has 1 spiro atoms. The quantitative estimate of drug-likeness (QED) is 0.848. The van der Waals surface area contributed by atoms with Gasteiger partial charge in [-0.3, -0.25) is 0 Å². The number of aryl methyl sites for hydroxylation is 1. The fraction of sp³-hybridized carbons (Fsp3) is 0.750. The lowest BCUT2D eigenvalue weighted by Crippen LogP contribution is -2.45. The maximum atomic E-state index is 5.80. The number of anilines is 2. The zero-order valence-electron chi connectivity index (χ0n) is 13.8. The fourth-order valence-electron chi connectivity index (χ4n) is 3.21. The average molecular weight is 306 g/mol. The van der Waals surface area contributed by atoms with Crippen LogP contribution in [0.15, 0.2) is 6.07 Å². The van der Waals surface area contributed by atoms with Gasteiger partial charge in [0.05, 0.1) is 13.2 Å². The maximum absolute atomic E-state index is 5.80. The van der Waals surface area contributed by atoms with Gasteiger partial charge in [0.25, 0.3) is 0 Å². The first-order chi connectivity index (χ1) is 10.7. The second kappa shape index (κ2) is 6.38. The van der Waals surface area contributed by atoms with Crippen LogP contribution in [0, 0.1) is 6.92 Å². The lowest BCUT2D eigenvalue weighted by molar-refractivity contribution is -0.169. The van der Waals surface area contributed by atoms with Crippen molar-refractivity contribution in [3.05, 3.63) is 11.8 Å². The number of ether oxygens (including phenoxy) is 2. The van der Waals surface area contributed by atoms with Gasteiger partial charge in [0.1, 0.15) is 5.82 Å². The number of rotatable bonds is 4. The van der Waals surface area contributed by atoms with Gasteiger partial charge in [0.2, 0.25) is 5.95 Å². The van der Waals surface area contributed by atoms with Crippen LogP contribution in [0.3, 0.4) is 0 Å². The molecule has 122 valence electrons. The van der Waals surface area contributed by atoms with E-state index in [1.54, 1.807) is 0 Å². The Hall–Kier alpha value is -1.40. The molecule has 0 aromatic carbocycles. The Morgan fingerprint density at radius 2 is 1.77 bits per heavy atom. The van der Waals surface area contributed by atoms with E-state index >= 15 is 0 Å². The number of hydrogen-bond donors (Lipinski definition) is 0. The summed E-state index contributed by atoms with van der Waals surface area (Å²) < 4.78 is 11.6. The van der Waals surface area contributed by atoms with Crippen LogP contribution in [0.1, 0.15) is 32.4 Å². The largest absolute Gasteiger partial charge is 0.356 e. The van der Waals surface area contributed by atoms with Crippen molar-refractivity contribution >= 4 is 11.8 Å². The predicted molar refractivity (Wildman–Crippen MR) is 86.4 cm³/mol. The molecule has 2 fully saturated rings. The maximum Gasteiger partial charge on any atom is 0.227 e. The highest BCUT2D eigenvalue weighted by Gasteiger charge is 2.40. The van der Waals surface area contributed by atoms with Gasteiger partial charge in [-0.05, 0) is 20.8 Å². The van der Waals surface area contributed by atoms with Crippen molar-refractivity contribution < 1.29 is 9.47 Å². The van der Waals surface area contributed by atoms with Crippen LogP contribution in [0.5, 0.6) is 0 Å². The summed E-state index contributed by atoms with van der Waals surface area (Å²) >= 11 is 0. The Kier molecular flexibility index (Phi) is 4.49. The van der Waals surface area contributed by atoms with Crippen LogP contribution in [0.4, 0.5) is 11.8 Å². The lowest BCUT2D eigenvalue weighted by Gasteiger charge is -2.38. The molecule has 0 unspecified atom stereocenters. The van der Waals surface area contributed by atoms with Gasteiger partial charge in [-0.2, -0.15) is 4.98 Å². The molecule has 2 aliphatic heterocycles. The fourth-order valence-corrected chi connectivity index (χ4v) is 3.21. The first-order valence-electron chi connectivity index (χ1n) is 8.29. The van der Waals surface area contributed by atoms with Gasteiger partial charge in [-0.1, -0.05) is 0 Å². The zero-order valence-corrected chi connectivity index (χ0v) is 13.8. The van der Waals surface area contributed by atoms with Gasteiger partial charge >= 0.3 is 0 Å². The number of hydrogen-bond acceptors (Lipinski definition) is 6. The third-order valence-electron chi connectivity index (χ3n) is 4.54. The molecule has 1 aromatic rings. The summed E-state index contributed by atoms with van der Waals surface area (Å²) in [4.78, 5) is 13.9. The highest BCUT2D eigenvalue weighted by Crippen LogP contribution is 2.33. The van der Waals surface area contributed by atoms with Crippen LogP contribution in [-0.4, -0.2) is 55.1 Å². The Labute approximate surface area is 132 Å². The molecule has 1 aromatic heterocycles. The number of nitrogens with zero attached hydrogens (tertiary/aromatic N) is 4. The van der Waals surface area contributed by atoms with Gasteiger partial charge in [-0.15, -0.1) is 0 Å². The van der Waals surface area contributed by atoms with Gasteiger partial charge in [0, 0.05) is 50.8 Å². The molecule has 6 heteroatoms. The molecule has 6 nitrogen and oxygen atoms in total. The summed E-state index contributed by atoms with van der Waals surface area (Å²) in [5, 5.41) is 0. The van der Waals surface area contributed by atoms with Crippen molar-refractivity contribution in [3.63, 3.8) is 0 Å². The topological polar surface area (TPSA) is 50.7 Å².